The highest BCUT2D eigenvalue weighted by molar-refractivity contribution is 5.83. The summed E-state index contributed by atoms with van der Waals surface area (Å²) in [6.07, 6.45) is 3.81. The minimum absolute atomic E-state index is 0.578. The van der Waals surface area contributed by atoms with Crippen molar-refractivity contribution in [2.75, 3.05) is 13.1 Å². The van der Waals surface area contributed by atoms with Gasteiger partial charge in [0.2, 0.25) is 11.8 Å². The number of rotatable bonds is 7. The molecule has 0 radical (unpaired) electrons. The summed E-state index contributed by atoms with van der Waals surface area (Å²) in [5.41, 5.74) is 3.48. The lowest BCUT2D eigenvalue weighted by atomic mass is 10.1. The molecule has 0 bridgehead atoms. The molecule has 5 heteroatoms. The quantitative estimate of drug-likeness (QED) is 0.508. The number of nitrogens with zero attached hydrogens (tertiary/aromatic N) is 2. The van der Waals surface area contributed by atoms with Crippen LogP contribution in [-0.2, 0) is 12.8 Å². The Labute approximate surface area is 146 Å². The molecule has 0 saturated heterocycles. The molecule has 25 heavy (non-hydrogen) atoms. The second kappa shape index (κ2) is 7.32. The van der Waals surface area contributed by atoms with E-state index in [1.54, 1.807) is 0 Å². The van der Waals surface area contributed by atoms with Crippen molar-refractivity contribution in [2.45, 2.75) is 12.8 Å². The van der Waals surface area contributed by atoms with Crippen LogP contribution < -0.4 is 5.32 Å². The molecule has 2 aromatic carbocycles. The van der Waals surface area contributed by atoms with Crippen molar-refractivity contribution in [1.82, 2.24) is 20.5 Å². The van der Waals surface area contributed by atoms with E-state index in [4.69, 9.17) is 4.42 Å². The zero-order chi connectivity index (χ0) is 16.9. The molecule has 0 aliphatic rings. The van der Waals surface area contributed by atoms with Gasteiger partial charge in [0.1, 0.15) is 0 Å². The van der Waals surface area contributed by atoms with Crippen LogP contribution in [0.3, 0.4) is 0 Å². The number of para-hydroxylation sites is 1. The van der Waals surface area contributed by atoms with Gasteiger partial charge in [-0.1, -0.05) is 36.4 Å². The third-order valence-electron chi connectivity index (χ3n) is 4.25. The lowest BCUT2D eigenvalue weighted by Crippen LogP contribution is -2.20. The fourth-order valence-corrected chi connectivity index (χ4v) is 2.93. The van der Waals surface area contributed by atoms with Gasteiger partial charge in [0.05, 0.1) is 0 Å². The fourth-order valence-electron chi connectivity index (χ4n) is 2.93. The van der Waals surface area contributed by atoms with Crippen molar-refractivity contribution < 1.29 is 4.42 Å². The average molecular weight is 332 g/mol. The molecular formula is C20H20N4O. The van der Waals surface area contributed by atoms with Crippen LogP contribution in [0.4, 0.5) is 0 Å². The van der Waals surface area contributed by atoms with Gasteiger partial charge in [0, 0.05) is 35.6 Å². The number of nitrogens with one attached hydrogen (secondary N) is 2. The Morgan fingerprint density at radius 2 is 1.68 bits per heavy atom. The monoisotopic (exact) mass is 332 g/mol. The van der Waals surface area contributed by atoms with E-state index in [0.717, 1.165) is 31.5 Å². The smallest absolute Gasteiger partial charge is 0.247 e. The predicted octanol–water partition coefficient (Wildman–Crippen LogP) is 3.59. The van der Waals surface area contributed by atoms with Gasteiger partial charge >= 0.3 is 0 Å². The molecule has 4 aromatic rings. The molecule has 0 aliphatic carbocycles. The van der Waals surface area contributed by atoms with Gasteiger partial charge < -0.3 is 14.7 Å². The summed E-state index contributed by atoms with van der Waals surface area (Å²) in [6.45, 7) is 1.74. The van der Waals surface area contributed by atoms with Gasteiger partial charge in [-0.25, -0.2) is 0 Å². The van der Waals surface area contributed by atoms with Gasteiger partial charge in [-0.05, 0) is 36.7 Å². The first-order chi connectivity index (χ1) is 12.4. The molecule has 0 spiro atoms. The highest BCUT2D eigenvalue weighted by Crippen LogP contribution is 2.18. The van der Waals surface area contributed by atoms with Crippen LogP contribution in [0.2, 0.25) is 0 Å². The first kappa shape index (κ1) is 15.6. The molecule has 126 valence electrons. The maximum absolute atomic E-state index is 5.71. The molecule has 0 amide bonds. The predicted molar refractivity (Wildman–Crippen MR) is 98.3 cm³/mol. The standard InChI is InChI=1S/C20H20N4O/c1-2-6-15(7-3-1)20-24-23-19(25-20)11-13-21-12-10-16-14-22-18-9-5-4-8-17(16)18/h1-9,14,21-22H,10-13H2. The SMILES string of the molecule is c1ccc(-c2nnc(CCNCCc3c[nH]c4ccccc34)o2)cc1. The van der Waals surface area contributed by atoms with Crippen LogP contribution in [0.1, 0.15) is 11.5 Å². The van der Waals surface area contributed by atoms with Gasteiger partial charge in [-0.3, -0.25) is 0 Å². The number of aromatic amines is 1. The third kappa shape index (κ3) is 3.61. The zero-order valence-corrected chi connectivity index (χ0v) is 13.9. The Balaban J connectivity index is 1.25. The number of fused-ring (bicyclic) bond motifs is 1. The fraction of sp³-hybridized carbons (Fsp3) is 0.200. The normalized spacial score (nSPS) is 11.2. The van der Waals surface area contributed by atoms with Crippen LogP contribution in [0.25, 0.3) is 22.4 Å². The van der Waals surface area contributed by atoms with Crippen LogP contribution in [0, 0.1) is 0 Å². The van der Waals surface area contributed by atoms with E-state index in [0.29, 0.717) is 11.8 Å². The highest BCUT2D eigenvalue weighted by atomic mass is 16.4. The lowest BCUT2D eigenvalue weighted by Gasteiger charge is -2.02. The van der Waals surface area contributed by atoms with Crippen LogP contribution in [-0.4, -0.2) is 28.3 Å². The van der Waals surface area contributed by atoms with Crippen LogP contribution in [0.5, 0.6) is 0 Å². The molecule has 4 rings (SSSR count). The summed E-state index contributed by atoms with van der Waals surface area (Å²) >= 11 is 0. The average Bonchev–Trinajstić information content (AvgIpc) is 3.30. The first-order valence-corrected chi connectivity index (χ1v) is 8.54. The number of aromatic nitrogens is 3. The van der Waals surface area contributed by atoms with Crippen molar-refractivity contribution in [1.29, 1.82) is 0 Å². The molecular weight excluding hydrogens is 312 g/mol. The summed E-state index contributed by atoms with van der Waals surface area (Å²) in [6, 6.07) is 18.2. The van der Waals surface area contributed by atoms with E-state index < -0.39 is 0 Å². The Hall–Kier alpha value is -2.92. The molecule has 0 atom stereocenters. The molecule has 0 saturated carbocycles. The van der Waals surface area contributed by atoms with E-state index in [1.807, 2.05) is 30.3 Å². The molecule has 0 aliphatic heterocycles. The van der Waals surface area contributed by atoms with Gasteiger partial charge in [0.15, 0.2) is 0 Å². The van der Waals surface area contributed by atoms with Crippen LogP contribution in [0.15, 0.2) is 65.2 Å². The van der Waals surface area contributed by atoms with Crippen LogP contribution >= 0.6 is 0 Å². The molecule has 0 fully saturated rings. The Bertz CT molecular complexity index is 942. The van der Waals surface area contributed by atoms with Crippen molar-refractivity contribution in [2.24, 2.45) is 0 Å². The Kier molecular flexibility index (Phi) is 4.57. The maximum Gasteiger partial charge on any atom is 0.247 e. The first-order valence-electron chi connectivity index (χ1n) is 8.54. The summed E-state index contributed by atoms with van der Waals surface area (Å²) in [7, 11) is 0. The number of hydrogen-bond donors (Lipinski definition) is 2. The second-order valence-electron chi connectivity index (χ2n) is 5.98. The molecule has 5 nitrogen and oxygen atoms in total. The van der Waals surface area contributed by atoms with Crippen molar-refractivity contribution in [3.63, 3.8) is 0 Å². The van der Waals surface area contributed by atoms with E-state index in [2.05, 4.69) is 51.0 Å². The van der Waals surface area contributed by atoms with E-state index in [-0.39, 0.29) is 0 Å². The Morgan fingerprint density at radius 3 is 2.60 bits per heavy atom. The zero-order valence-electron chi connectivity index (χ0n) is 13.9. The Morgan fingerprint density at radius 1 is 0.880 bits per heavy atom. The molecule has 2 aromatic heterocycles. The second-order valence-corrected chi connectivity index (χ2v) is 5.98. The largest absolute Gasteiger partial charge is 0.421 e. The minimum Gasteiger partial charge on any atom is -0.421 e. The lowest BCUT2D eigenvalue weighted by molar-refractivity contribution is 0.495. The summed E-state index contributed by atoms with van der Waals surface area (Å²) in [5.74, 6) is 1.24. The van der Waals surface area contributed by atoms with E-state index >= 15 is 0 Å². The minimum atomic E-state index is 0.578. The number of H-pyrrole nitrogens is 1. The van der Waals surface area contributed by atoms with Crippen molar-refractivity contribution in [3.05, 3.63) is 72.2 Å². The molecule has 0 unspecified atom stereocenters. The van der Waals surface area contributed by atoms with Crippen molar-refractivity contribution in [3.8, 4) is 11.5 Å². The topological polar surface area (TPSA) is 66.7 Å². The van der Waals surface area contributed by atoms with Gasteiger partial charge in [-0.2, -0.15) is 0 Å². The highest BCUT2D eigenvalue weighted by Gasteiger charge is 2.07. The number of benzene rings is 2. The van der Waals surface area contributed by atoms with Crippen molar-refractivity contribution >= 4 is 10.9 Å². The molecule has 2 N–H and O–H groups in total. The maximum atomic E-state index is 5.71. The molecule has 2 heterocycles. The number of hydrogen-bond acceptors (Lipinski definition) is 4. The van der Waals surface area contributed by atoms with E-state index in [9.17, 15) is 0 Å². The third-order valence-corrected chi connectivity index (χ3v) is 4.25. The van der Waals surface area contributed by atoms with E-state index in [1.165, 1.54) is 16.5 Å². The van der Waals surface area contributed by atoms with Gasteiger partial charge in [-0.15, -0.1) is 10.2 Å². The van der Waals surface area contributed by atoms with Gasteiger partial charge in [0.25, 0.3) is 0 Å². The summed E-state index contributed by atoms with van der Waals surface area (Å²) < 4.78 is 5.71. The summed E-state index contributed by atoms with van der Waals surface area (Å²) in [4.78, 5) is 3.31. The summed E-state index contributed by atoms with van der Waals surface area (Å²) in [5, 5.41) is 13.0.